The fourth-order valence-corrected chi connectivity index (χ4v) is 1.93. The Morgan fingerprint density at radius 3 is 2.74 bits per heavy atom. The van der Waals surface area contributed by atoms with E-state index in [2.05, 4.69) is 26.2 Å². The molecule has 6 heteroatoms. The van der Waals surface area contributed by atoms with E-state index in [-0.39, 0.29) is 11.3 Å². The highest BCUT2D eigenvalue weighted by molar-refractivity contribution is 9.10. The van der Waals surface area contributed by atoms with Gasteiger partial charge in [-0.05, 0) is 46.6 Å². The van der Waals surface area contributed by atoms with Gasteiger partial charge in [-0.3, -0.25) is 4.79 Å². The van der Waals surface area contributed by atoms with Crippen molar-refractivity contribution in [2.45, 2.75) is 6.92 Å². The summed E-state index contributed by atoms with van der Waals surface area (Å²) in [5, 5.41) is 2.19. The largest absolute Gasteiger partial charge is 0.316 e. The molecule has 0 aliphatic rings. The van der Waals surface area contributed by atoms with Gasteiger partial charge in [0.05, 0.1) is 0 Å². The fourth-order valence-electron chi connectivity index (χ4n) is 1.50. The second-order valence-corrected chi connectivity index (χ2v) is 4.70. The molecule has 0 aliphatic heterocycles. The molecule has 0 aliphatic carbocycles. The van der Waals surface area contributed by atoms with E-state index < -0.39 is 23.2 Å². The Hall–Kier alpha value is -1.82. The van der Waals surface area contributed by atoms with E-state index in [0.717, 1.165) is 6.07 Å². The molecule has 3 nitrogen and oxygen atoms in total. The van der Waals surface area contributed by atoms with E-state index in [1.54, 1.807) is 12.1 Å². The Morgan fingerprint density at radius 2 is 2.05 bits per heavy atom. The van der Waals surface area contributed by atoms with Crippen LogP contribution in [-0.2, 0) is 0 Å². The molecular weight excluding hydrogens is 318 g/mol. The van der Waals surface area contributed by atoms with Crippen LogP contribution in [-0.4, -0.2) is 10.9 Å². The van der Waals surface area contributed by atoms with Crippen LogP contribution in [0, 0.1) is 18.6 Å². The van der Waals surface area contributed by atoms with E-state index in [1.165, 1.54) is 19.2 Å². The lowest BCUT2D eigenvalue weighted by Gasteiger charge is -2.09. The number of aryl methyl sites for hydroxylation is 1. The summed E-state index contributed by atoms with van der Waals surface area (Å²) in [5.74, 6) is -2.31. The quantitative estimate of drug-likeness (QED) is 0.914. The molecule has 0 fully saturated rings. The van der Waals surface area contributed by atoms with Gasteiger partial charge in [-0.25, -0.2) is 13.8 Å². The number of amides is 1. The van der Waals surface area contributed by atoms with Crippen LogP contribution in [0.15, 0.2) is 34.9 Å². The van der Waals surface area contributed by atoms with Gasteiger partial charge in [-0.2, -0.15) is 0 Å². The van der Waals surface area contributed by atoms with Gasteiger partial charge < -0.3 is 5.32 Å². The SMILES string of the molecule is Cc1ccc(F)c(NC(=O)c2ncccc2Br)c1F. The highest BCUT2D eigenvalue weighted by Crippen LogP contribution is 2.23. The molecule has 0 unspecified atom stereocenters. The van der Waals surface area contributed by atoms with Crippen molar-refractivity contribution in [3.05, 3.63) is 57.8 Å². The van der Waals surface area contributed by atoms with Gasteiger partial charge in [0.2, 0.25) is 0 Å². The lowest BCUT2D eigenvalue weighted by molar-refractivity contribution is 0.102. The number of halogens is 3. The van der Waals surface area contributed by atoms with Crippen LogP contribution in [0.25, 0.3) is 0 Å². The number of anilines is 1. The normalized spacial score (nSPS) is 10.3. The summed E-state index contributed by atoms with van der Waals surface area (Å²) >= 11 is 3.15. The highest BCUT2D eigenvalue weighted by Gasteiger charge is 2.17. The number of pyridine rings is 1. The minimum absolute atomic E-state index is 0.0582. The topological polar surface area (TPSA) is 42.0 Å². The number of rotatable bonds is 2. The third-order valence-corrected chi connectivity index (χ3v) is 3.14. The second kappa shape index (κ2) is 5.44. The average Bonchev–Trinajstić information content (AvgIpc) is 2.39. The first-order valence-electron chi connectivity index (χ1n) is 5.37. The fraction of sp³-hybridized carbons (Fsp3) is 0.0769. The van der Waals surface area contributed by atoms with Crippen molar-refractivity contribution < 1.29 is 13.6 Å². The standard InChI is InChI=1S/C13H9BrF2N2O/c1-7-4-5-9(15)12(10(7)16)18-13(19)11-8(14)3-2-6-17-11/h2-6H,1H3,(H,18,19). The van der Waals surface area contributed by atoms with Gasteiger partial charge in [0.25, 0.3) is 5.91 Å². The number of hydrogen-bond donors (Lipinski definition) is 1. The van der Waals surface area contributed by atoms with Crippen molar-refractivity contribution in [2.75, 3.05) is 5.32 Å². The Labute approximate surface area is 116 Å². The van der Waals surface area contributed by atoms with Crippen LogP contribution in [0.3, 0.4) is 0 Å². The maximum Gasteiger partial charge on any atom is 0.275 e. The molecule has 2 rings (SSSR count). The average molecular weight is 327 g/mol. The smallest absolute Gasteiger partial charge is 0.275 e. The Balaban J connectivity index is 2.35. The molecule has 19 heavy (non-hydrogen) atoms. The van der Waals surface area contributed by atoms with Gasteiger partial charge >= 0.3 is 0 Å². The van der Waals surface area contributed by atoms with E-state index in [0.29, 0.717) is 4.47 Å². The Bertz CT molecular complexity index is 647. The lowest BCUT2D eigenvalue weighted by atomic mass is 10.2. The summed E-state index contributed by atoms with van der Waals surface area (Å²) in [6, 6.07) is 5.65. The maximum absolute atomic E-state index is 13.8. The molecule has 2 aromatic rings. The van der Waals surface area contributed by atoms with E-state index >= 15 is 0 Å². The van der Waals surface area contributed by atoms with Crippen molar-refractivity contribution in [2.24, 2.45) is 0 Å². The van der Waals surface area contributed by atoms with Crippen LogP contribution in [0.4, 0.5) is 14.5 Å². The van der Waals surface area contributed by atoms with Gasteiger partial charge in [0, 0.05) is 10.7 Å². The van der Waals surface area contributed by atoms with E-state index in [4.69, 9.17) is 0 Å². The van der Waals surface area contributed by atoms with Crippen molar-refractivity contribution >= 4 is 27.5 Å². The summed E-state index contributed by atoms with van der Waals surface area (Å²) in [4.78, 5) is 15.8. The Kier molecular flexibility index (Phi) is 3.90. The molecule has 0 bridgehead atoms. The number of nitrogens with zero attached hydrogens (tertiary/aromatic N) is 1. The molecule has 98 valence electrons. The zero-order chi connectivity index (χ0) is 14.0. The molecule has 1 heterocycles. The van der Waals surface area contributed by atoms with Crippen LogP contribution < -0.4 is 5.32 Å². The number of carbonyl (C=O) groups excluding carboxylic acids is 1. The summed E-state index contributed by atoms with van der Waals surface area (Å²) in [6.45, 7) is 1.49. The number of hydrogen-bond acceptors (Lipinski definition) is 2. The molecule has 1 aromatic heterocycles. The molecule has 0 saturated carbocycles. The maximum atomic E-state index is 13.8. The lowest BCUT2D eigenvalue weighted by Crippen LogP contribution is -2.16. The molecule has 0 saturated heterocycles. The monoisotopic (exact) mass is 326 g/mol. The van der Waals surface area contributed by atoms with Crippen molar-refractivity contribution in [3.8, 4) is 0 Å². The number of nitrogens with one attached hydrogen (secondary N) is 1. The molecule has 1 N–H and O–H groups in total. The summed E-state index contributed by atoms with van der Waals surface area (Å²) in [6.07, 6.45) is 1.42. The van der Waals surface area contributed by atoms with Crippen LogP contribution in [0.5, 0.6) is 0 Å². The molecular formula is C13H9BrF2N2O. The summed E-state index contributed by atoms with van der Waals surface area (Å²) in [7, 11) is 0. The molecule has 0 radical (unpaired) electrons. The molecule has 1 amide bonds. The van der Waals surface area contributed by atoms with Crippen LogP contribution >= 0.6 is 15.9 Å². The number of carbonyl (C=O) groups is 1. The third-order valence-electron chi connectivity index (χ3n) is 2.50. The molecule has 1 aromatic carbocycles. The van der Waals surface area contributed by atoms with Crippen LogP contribution in [0.2, 0.25) is 0 Å². The van der Waals surface area contributed by atoms with Crippen molar-refractivity contribution in [1.82, 2.24) is 4.98 Å². The number of benzene rings is 1. The summed E-state index contributed by atoms with van der Waals surface area (Å²) in [5.41, 5.74) is -0.165. The minimum Gasteiger partial charge on any atom is -0.316 e. The predicted molar refractivity (Wildman–Crippen MR) is 71.0 cm³/mol. The van der Waals surface area contributed by atoms with Gasteiger partial charge in [0.15, 0.2) is 5.82 Å². The van der Waals surface area contributed by atoms with Gasteiger partial charge in [-0.1, -0.05) is 6.07 Å². The first-order valence-corrected chi connectivity index (χ1v) is 6.16. The predicted octanol–water partition coefficient (Wildman–Crippen LogP) is 3.68. The first kappa shape index (κ1) is 13.6. The van der Waals surface area contributed by atoms with Crippen LogP contribution in [0.1, 0.15) is 16.1 Å². The highest BCUT2D eigenvalue weighted by atomic mass is 79.9. The van der Waals surface area contributed by atoms with E-state index in [9.17, 15) is 13.6 Å². The van der Waals surface area contributed by atoms with Crippen molar-refractivity contribution in [1.29, 1.82) is 0 Å². The number of aromatic nitrogens is 1. The van der Waals surface area contributed by atoms with Crippen molar-refractivity contribution in [3.63, 3.8) is 0 Å². The molecule has 0 atom stereocenters. The zero-order valence-electron chi connectivity index (χ0n) is 9.88. The van der Waals surface area contributed by atoms with E-state index in [1.807, 2.05) is 0 Å². The van der Waals surface area contributed by atoms with Gasteiger partial charge in [0.1, 0.15) is 17.2 Å². The third kappa shape index (κ3) is 2.78. The first-order chi connectivity index (χ1) is 9.00. The summed E-state index contributed by atoms with van der Waals surface area (Å²) < 4.78 is 27.7. The minimum atomic E-state index is -0.830. The second-order valence-electron chi connectivity index (χ2n) is 3.84. The zero-order valence-corrected chi connectivity index (χ0v) is 11.5. The molecule has 0 spiro atoms. The Morgan fingerprint density at radius 1 is 1.32 bits per heavy atom. The van der Waals surface area contributed by atoms with Gasteiger partial charge in [-0.15, -0.1) is 0 Å².